The average Bonchev–Trinajstić information content (AvgIpc) is 2.94. The van der Waals surface area contributed by atoms with E-state index in [1.165, 1.54) is 33.3 Å². The molecule has 0 atom stereocenters. The monoisotopic (exact) mass is 347 g/mol. The number of benzene rings is 1. The Morgan fingerprint density at radius 3 is 2.88 bits per heavy atom. The smallest absolute Gasteiger partial charge is 0.213 e. The van der Waals surface area contributed by atoms with E-state index in [2.05, 4.69) is 59.7 Å². The van der Waals surface area contributed by atoms with Gasteiger partial charge in [-0.1, -0.05) is 11.6 Å². The predicted octanol–water partition coefficient (Wildman–Crippen LogP) is 4.36. The third-order valence-corrected chi connectivity index (χ3v) is 5.26. The molecular formula is C22H25N3O. The molecule has 134 valence electrons. The van der Waals surface area contributed by atoms with Crippen molar-refractivity contribution in [2.45, 2.75) is 26.8 Å². The van der Waals surface area contributed by atoms with Crippen LogP contribution in [0.15, 0.2) is 36.5 Å². The van der Waals surface area contributed by atoms with Crippen molar-refractivity contribution in [3.05, 3.63) is 58.9 Å². The van der Waals surface area contributed by atoms with Gasteiger partial charge in [0.25, 0.3) is 0 Å². The number of pyridine rings is 1. The third kappa shape index (κ3) is 2.90. The van der Waals surface area contributed by atoms with Gasteiger partial charge in [0.15, 0.2) is 0 Å². The number of ether oxygens (including phenoxy) is 1. The van der Waals surface area contributed by atoms with Gasteiger partial charge in [-0.25, -0.2) is 4.98 Å². The number of allylic oxidation sites excluding steroid dienone is 1. The summed E-state index contributed by atoms with van der Waals surface area (Å²) in [6.07, 6.45) is 5.13. The zero-order valence-corrected chi connectivity index (χ0v) is 15.9. The second-order valence-corrected chi connectivity index (χ2v) is 7.20. The highest BCUT2D eigenvalue weighted by atomic mass is 16.5. The first kappa shape index (κ1) is 16.9. The van der Waals surface area contributed by atoms with Crippen molar-refractivity contribution < 1.29 is 4.74 Å². The van der Waals surface area contributed by atoms with Crippen LogP contribution in [-0.2, 0) is 13.0 Å². The standard InChI is InChI=1S/C22H25N3O/c1-15-5-6-20-18(11-15)19-14-24(3)10-8-21(19)25(20)13-16(2)17-7-9-23-22(12-17)26-4/h5-7,9,11-13H,8,10,14H2,1-4H3/b16-13+. The van der Waals surface area contributed by atoms with E-state index in [-0.39, 0.29) is 0 Å². The third-order valence-electron chi connectivity index (χ3n) is 5.26. The molecule has 26 heavy (non-hydrogen) atoms. The van der Waals surface area contributed by atoms with E-state index in [9.17, 15) is 0 Å². The van der Waals surface area contributed by atoms with Gasteiger partial charge in [-0.2, -0.15) is 0 Å². The Kier molecular flexibility index (Phi) is 4.29. The van der Waals surface area contributed by atoms with Crippen LogP contribution in [0.25, 0.3) is 22.7 Å². The lowest BCUT2D eigenvalue weighted by Crippen LogP contribution is -2.26. The lowest BCUT2D eigenvalue weighted by atomic mass is 10.0. The molecule has 1 aliphatic rings. The molecule has 4 nitrogen and oxygen atoms in total. The highest BCUT2D eigenvalue weighted by Gasteiger charge is 2.21. The first-order chi connectivity index (χ1) is 12.6. The fourth-order valence-electron chi connectivity index (χ4n) is 3.82. The van der Waals surface area contributed by atoms with Crippen molar-refractivity contribution in [3.63, 3.8) is 0 Å². The Labute approximate surface area is 154 Å². The van der Waals surface area contributed by atoms with Gasteiger partial charge in [0.2, 0.25) is 5.88 Å². The molecule has 0 bridgehead atoms. The fourth-order valence-corrected chi connectivity index (χ4v) is 3.82. The summed E-state index contributed by atoms with van der Waals surface area (Å²) >= 11 is 0. The van der Waals surface area contributed by atoms with Crippen LogP contribution in [0.4, 0.5) is 0 Å². The maximum Gasteiger partial charge on any atom is 0.213 e. The average molecular weight is 347 g/mol. The quantitative estimate of drug-likeness (QED) is 0.705. The molecule has 1 aliphatic heterocycles. The first-order valence-corrected chi connectivity index (χ1v) is 9.06. The topological polar surface area (TPSA) is 30.3 Å². The lowest BCUT2D eigenvalue weighted by Gasteiger charge is -2.23. The molecule has 0 saturated carbocycles. The summed E-state index contributed by atoms with van der Waals surface area (Å²) in [4.78, 5) is 6.62. The van der Waals surface area contributed by atoms with Gasteiger partial charge >= 0.3 is 0 Å². The molecule has 0 fully saturated rings. The number of aryl methyl sites for hydroxylation is 1. The van der Waals surface area contributed by atoms with E-state index in [0.717, 1.165) is 25.1 Å². The van der Waals surface area contributed by atoms with Crippen molar-refractivity contribution in [2.24, 2.45) is 0 Å². The van der Waals surface area contributed by atoms with E-state index in [1.54, 1.807) is 13.3 Å². The largest absolute Gasteiger partial charge is 0.481 e. The second kappa shape index (κ2) is 6.61. The minimum absolute atomic E-state index is 0.645. The number of rotatable bonds is 3. The molecule has 3 aromatic rings. The fraction of sp³-hybridized carbons (Fsp3) is 0.318. The van der Waals surface area contributed by atoms with Gasteiger partial charge in [-0.05, 0) is 55.8 Å². The molecule has 0 unspecified atom stereocenters. The van der Waals surface area contributed by atoms with Crippen molar-refractivity contribution in [1.82, 2.24) is 14.5 Å². The number of fused-ring (bicyclic) bond motifs is 3. The Morgan fingerprint density at radius 1 is 1.23 bits per heavy atom. The number of aromatic nitrogens is 2. The summed E-state index contributed by atoms with van der Waals surface area (Å²) in [6.45, 7) is 6.42. The summed E-state index contributed by atoms with van der Waals surface area (Å²) < 4.78 is 7.66. The zero-order valence-electron chi connectivity index (χ0n) is 15.9. The molecule has 0 N–H and O–H groups in total. The number of hydrogen-bond donors (Lipinski definition) is 0. The minimum atomic E-state index is 0.645. The maximum atomic E-state index is 5.28. The van der Waals surface area contributed by atoms with Gasteiger partial charge < -0.3 is 14.2 Å². The van der Waals surface area contributed by atoms with E-state index in [4.69, 9.17) is 4.74 Å². The molecule has 4 heteroatoms. The summed E-state index contributed by atoms with van der Waals surface area (Å²) in [7, 11) is 3.85. The van der Waals surface area contributed by atoms with Crippen LogP contribution in [0.1, 0.15) is 29.3 Å². The van der Waals surface area contributed by atoms with Gasteiger partial charge in [0.1, 0.15) is 0 Å². The van der Waals surface area contributed by atoms with Crippen molar-refractivity contribution in [3.8, 4) is 5.88 Å². The van der Waals surface area contributed by atoms with Crippen LogP contribution in [0.3, 0.4) is 0 Å². The van der Waals surface area contributed by atoms with Crippen LogP contribution >= 0.6 is 0 Å². The molecule has 2 aromatic heterocycles. The number of nitrogens with zero attached hydrogens (tertiary/aromatic N) is 3. The van der Waals surface area contributed by atoms with Crippen molar-refractivity contribution in [2.75, 3.05) is 20.7 Å². The van der Waals surface area contributed by atoms with Crippen molar-refractivity contribution in [1.29, 1.82) is 0 Å². The molecule has 0 aliphatic carbocycles. The van der Waals surface area contributed by atoms with Crippen LogP contribution in [0, 0.1) is 6.92 Å². The van der Waals surface area contributed by atoms with E-state index in [1.807, 2.05) is 12.1 Å². The van der Waals surface area contributed by atoms with Crippen molar-refractivity contribution >= 4 is 22.7 Å². The summed E-state index contributed by atoms with van der Waals surface area (Å²) in [5.74, 6) is 0.645. The molecule has 0 spiro atoms. The van der Waals surface area contributed by atoms with E-state index < -0.39 is 0 Å². The summed E-state index contributed by atoms with van der Waals surface area (Å²) in [6, 6.07) is 10.8. The zero-order chi connectivity index (χ0) is 18.3. The molecule has 0 amide bonds. The summed E-state index contributed by atoms with van der Waals surface area (Å²) in [5, 5.41) is 1.38. The van der Waals surface area contributed by atoms with Crippen LogP contribution in [0.2, 0.25) is 0 Å². The molecule has 3 heterocycles. The van der Waals surface area contributed by atoms with Crippen LogP contribution < -0.4 is 4.74 Å². The van der Waals surface area contributed by atoms with Crippen LogP contribution in [-0.4, -0.2) is 35.2 Å². The molecule has 1 aromatic carbocycles. The Bertz CT molecular complexity index is 1000. The lowest BCUT2D eigenvalue weighted by molar-refractivity contribution is 0.312. The molecular weight excluding hydrogens is 322 g/mol. The second-order valence-electron chi connectivity index (χ2n) is 7.20. The van der Waals surface area contributed by atoms with E-state index >= 15 is 0 Å². The first-order valence-electron chi connectivity index (χ1n) is 9.06. The molecule has 0 radical (unpaired) electrons. The number of hydrogen-bond acceptors (Lipinski definition) is 3. The molecule has 4 rings (SSSR count). The Hall–Kier alpha value is -2.59. The Balaban J connectivity index is 1.88. The highest BCUT2D eigenvalue weighted by Crippen LogP contribution is 2.32. The van der Waals surface area contributed by atoms with Gasteiger partial charge in [-0.15, -0.1) is 0 Å². The van der Waals surface area contributed by atoms with Gasteiger partial charge in [0, 0.05) is 49.1 Å². The minimum Gasteiger partial charge on any atom is -0.481 e. The van der Waals surface area contributed by atoms with Crippen LogP contribution in [0.5, 0.6) is 5.88 Å². The number of likely N-dealkylation sites (N-methyl/N-ethyl adjacent to an activating group) is 1. The summed E-state index contributed by atoms with van der Waals surface area (Å²) in [5.41, 5.74) is 7.83. The maximum absolute atomic E-state index is 5.28. The van der Waals surface area contributed by atoms with E-state index in [0.29, 0.717) is 5.88 Å². The Morgan fingerprint density at radius 2 is 2.08 bits per heavy atom. The SMILES string of the molecule is COc1cc(/C(C)=C/n2c3c(c4cc(C)ccc42)CN(C)CC3)ccn1. The highest BCUT2D eigenvalue weighted by molar-refractivity contribution is 5.90. The van der Waals surface area contributed by atoms with Gasteiger partial charge in [0.05, 0.1) is 12.6 Å². The molecule has 0 saturated heterocycles. The predicted molar refractivity (Wildman–Crippen MR) is 107 cm³/mol. The normalized spacial score (nSPS) is 15.3. The van der Waals surface area contributed by atoms with Gasteiger partial charge in [-0.3, -0.25) is 0 Å². The number of methoxy groups -OCH3 is 1.